The highest BCUT2D eigenvalue weighted by molar-refractivity contribution is 5.90. The van der Waals surface area contributed by atoms with Gasteiger partial charge in [-0.05, 0) is 43.2 Å². The number of rotatable bonds is 3. The number of benzene rings is 1. The zero-order valence-electron chi connectivity index (χ0n) is 11.1. The zero-order chi connectivity index (χ0) is 13.7. The molecule has 2 N–H and O–H groups in total. The van der Waals surface area contributed by atoms with Crippen LogP contribution in [0, 0.1) is 6.92 Å². The Kier molecular flexibility index (Phi) is 4.13. The summed E-state index contributed by atoms with van der Waals surface area (Å²) in [6, 6.07) is 11.2. The Hall–Kier alpha value is -2.36. The van der Waals surface area contributed by atoms with E-state index in [-0.39, 0.29) is 12.1 Å². The Morgan fingerprint density at radius 3 is 2.53 bits per heavy atom. The standard InChI is InChI=1S/C15H17N3O/c1-11-5-3-4-6-14(11)18-15(19)17-12(2)13-7-9-16-10-8-13/h3-10,12H,1-2H3,(H2,17,18,19). The van der Waals surface area contributed by atoms with Crippen molar-refractivity contribution in [2.75, 3.05) is 5.32 Å². The number of aromatic nitrogens is 1. The van der Waals surface area contributed by atoms with Gasteiger partial charge >= 0.3 is 6.03 Å². The first-order chi connectivity index (χ1) is 9.16. The second-order valence-electron chi connectivity index (χ2n) is 4.42. The Morgan fingerprint density at radius 1 is 1.16 bits per heavy atom. The predicted octanol–water partition coefficient (Wildman–Crippen LogP) is 3.27. The highest BCUT2D eigenvalue weighted by Crippen LogP contribution is 2.14. The lowest BCUT2D eigenvalue weighted by molar-refractivity contribution is 0.249. The van der Waals surface area contributed by atoms with E-state index in [0.29, 0.717) is 0 Å². The van der Waals surface area contributed by atoms with E-state index in [4.69, 9.17) is 0 Å². The molecule has 0 spiro atoms. The van der Waals surface area contributed by atoms with Crippen molar-refractivity contribution in [3.05, 3.63) is 59.9 Å². The number of amides is 2. The topological polar surface area (TPSA) is 54.0 Å². The molecular formula is C15H17N3O. The Morgan fingerprint density at radius 2 is 1.84 bits per heavy atom. The first kappa shape index (κ1) is 13.1. The molecule has 4 heteroatoms. The van der Waals surface area contributed by atoms with Crippen LogP contribution in [0.2, 0.25) is 0 Å². The van der Waals surface area contributed by atoms with E-state index in [1.807, 2.05) is 50.2 Å². The molecule has 0 saturated heterocycles. The summed E-state index contributed by atoms with van der Waals surface area (Å²) in [7, 11) is 0. The fourth-order valence-corrected chi connectivity index (χ4v) is 1.80. The molecule has 1 unspecified atom stereocenters. The molecule has 0 saturated carbocycles. The van der Waals surface area contributed by atoms with Gasteiger partial charge < -0.3 is 10.6 Å². The summed E-state index contributed by atoms with van der Waals surface area (Å²) in [6.45, 7) is 3.90. The molecule has 2 rings (SSSR count). The summed E-state index contributed by atoms with van der Waals surface area (Å²) in [5, 5.41) is 5.74. The van der Waals surface area contributed by atoms with E-state index in [9.17, 15) is 4.79 Å². The summed E-state index contributed by atoms with van der Waals surface area (Å²) in [5.74, 6) is 0. The van der Waals surface area contributed by atoms with Gasteiger partial charge in [-0.1, -0.05) is 18.2 Å². The number of pyridine rings is 1. The summed E-state index contributed by atoms with van der Waals surface area (Å²) in [6.07, 6.45) is 3.43. The van der Waals surface area contributed by atoms with Crippen LogP contribution >= 0.6 is 0 Å². The second kappa shape index (κ2) is 6.00. The van der Waals surface area contributed by atoms with Crippen LogP contribution < -0.4 is 10.6 Å². The van der Waals surface area contributed by atoms with Gasteiger partial charge in [-0.15, -0.1) is 0 Å². The van der Waals surface area contributed by atoms with Gasteiger partial charge in [0.2, 0.25) is 0 Å². The monoisotopic (exact) mass is 255 g/mol. The third-order valence-corrected chi connectivity index (χ3v) is 2.95. The Bertz CT molecular complexity index is 554. The number of nitrogens with one attached hydrogen (secondary N) is 2. The number of carbonyl (C=O) groups is 1. The molecule has 1 atom stereocenters. The van der Waals surface area contributed by atoms with Crippen molar-refractivity contribution >= 4 is 11.7 Å². The molecule has 1 heterocycles. The first-order valence-electron chi connectivity index (χ1n) is 6.20. The maximum Gasteiger partial charge on any atom is 0.319 e. The van der Waals surface area contributed by atoms with E-state index in [1.165, 1.54) is 0 Å². The number of urea groups is 1. The fourth-order valence-electron chi connectivity index (χ4n) is 1.80. The molecule has 0 bridgehead atoms. The predicted molar refractivity (Wildman–Crippen MR) is 76.0 cm³/mol. The van der Waals surface area contributed by atoms with Crippen LogP contribution in [0.1, 0.15) is 24.1 Å². The molecule has 0 aliphatic rings. The quantitative estimate of drug-likeness (QED) is 0.884. The second-order valence-corrected chi connectivity index (χ2v) is 4.42. The van der Waals surface area contributed by atoms with Crippen LogP contribution in [-0.4, -0.2) is 11.0 Å². The average molecular weight is 255 g/mol. The van der Waals surface area contributed by atoms with Gasteiger partial charge in [-0.25, -0.2) is 4.79 Å². The van der Waals surface area contributed by atoms with Crippen LogP contribution in [0.3, 0.4) is 0 Å². The van der Waals surface area contributed by atoms with E-state index in [1.54, 1.807) is 12.4 Å². The summed E-state index contributed by atoms with van der Waals surface area (Å²) in [5.41, 5.74) is 2.88. The molecule has 1 aromatic heterocycles. The largest absolute Gasteiger partial charge is 0.331 e. The molecule has 0 aliphatic heterocycles. The van der Waals surface area contributed by atoms with Crippen LogP contribution in [0.5, 0.6) is 0 Å². The van der Waals surface area contributed by atoms with Crippen molar-refractivity contribution < 1.29 is 4.79 Å². The van der Waals surface area contributed by atoms with E-state index >= 15 is 0 Å². The maximum absolute atomic E-state index is 11.9. The van der Waals surface area contributed by atoms with Gasteiger partial charge in [0.1, 0.15) is 0 Å². The number of carbonyl (C=O) groups excluding carboxylic acids is 1. The van der Waals surface area contributed by atoms with Crippen molar-refractivity contribution in [1.82, 2.24) is 10.3 Å². The molecule has 0 radical (unpaired) electrons. The van der Waals surface area contributed by atoms with Crippen LogP contribution in [0.4, 0.5) is 10.5 Å². The van der Waals surface area contributed by atoms with Crippen molar-refractivity contribution in [2.24, 2.45) is 0 Å². The van der Waals surface area contributed by atoms with Crippen LogP contribution in [0.15, 0.2) is 48.8 Å². The summed E-state index contributed by atoms with van der Waals surface area (Å²) in [4.78, 5) is 15.9. The summed E-state index contributed by atoms with van der Waals surface area (Å²) >= 11 is 0. The molecule has 2 amide bonds. The van der Waals surface area contributed by atoms with Gasteiger partial charge in [0.25, 0.3) is 0 Å². The van der Waals surface area contributed by atoms with Gasteiger partial charge in [0.15, 0.2) is 0 Å². The summed E-state index contributed by atoms with van der Waals surface area (Å²) < 4.78 is 0. The molecule has 98 valence electrons. The zero-order valence-corrected chi connectivity index (χ0v) is 11.1. The van der Waals surface area contributed by atoms with E-state index in [0.717, 1.165) is 16.8 Å². The SMILES string of the molecule is Cc1ccccc1NC(=O)NC(C)c1ccncc1. The van der Waals surface area contributed by atoms with Crippen LogP contribution in [-0.2, 0) is 0 Å². The number of hydrogen-bond donors (Lipinski definition) is 2. The number of para-hydroxylation sites is 1. The van der Waals surface area contributed by atoms with Crippen molar-refractivity contribution in [1.29, 1.82) is 0 Å². The molecule has 1 aromatic carbocycles. The smallest absolute Gasteiger partial charge is 0.319 e. The van der Waals surface area contributed by atoms with Crippen LogP contribution in [0.25, 0.3) is 0 Å². The molecule has 19 heavy (non-hydrogen) atoms. The molecular weight excluding hydrogens is 238 g/mol. The number of anilines is 1. The highest BCUT2D eigenvalue weighted by Gasteiger charge is 2.09. The van der Waals surface area contributed by atoms with Gasteiger partial charge in [0.05, 0.1) is 6.04 Å². The minimum absolute atomic E-state index is 0.0629. The lowest BCUT2D eigenvalue weighted by Crippen LogP contribution is -2.31. The first-order valence-corrected chi connectivity index (χ1v) is 6.20. The number of nitrogens with zero attached hydrogens (tertiary/aromatic N) is 1. The van der Waals surface area contributed by atoms with Crippen molar-refractivity contribution in [3.8, 4) is 0 Å². The van der Waals surface area contributed by atoms with Crippen molar-refractivity contribution in [2.45, 2.75) is 19.9 Å². The van der Waals surface area contributed by atoms with Gasteiger partial charge in [0, 0.05) is 18.1 Å². The Labute approximate surface area is 112 Å². The lowest BCUT2D eigenvalue weighted by atomic mass is 10.1. The van der Waals surface area contributed by atoms with Gasteiger partial charge in [-0.3, -0.25) is 4.98 Å². The number of hydrogen-bond acceptors (Lipinski definition) is 2. The minimum Gasteiger partial charge on any atom is -0.331 e. The molecule has 0 aliphatic carbocycles. The third-order valence-electron chi connectivity index (χ3n) is 2.95. The number of aryl methyl sites for hydroxylation is 1. The van der Waals surface area contributed by atoms with E-state index < -0.39 is 0 Å². The maximum atomic E-state index is 11.9. The minimum atomic E-state index is -0.210. The Balaban J connectivity index is 1.97. The lowest BCUT2D eigenvalue weighted by Gasteiger charge is -2.15. The molecule has 4 nitrogen and oxygen atoms in total. The fraction of sp³-hybridized carbons (Fsp3) is 0.200. The third kappa shape index (κ3) is 3.55. The average Bonchev–Trinajstić information content (AvgIpc) is 2.42. The van der Waals surface area contributed by atoms with E-state index in [2.05, 4.69) is 15.6 Å². The van der Waals surface area contributed by atoms with Gasteiger partial charge in [-0.2, -0.15) is 0 Å². The molecule has 2 aromatic rings. The highest BCUT2D eigenvalue weighted by atomic mass is 16.2. The van der Waals surface area contributed by atoms with Crippen molar-refractivity contribution in [3.63, 3.8) is 0 Å². The normalized spacial score (nSPS) is 11.7. The molecule has 0 fully saturated rings.